The largest absolute Gasteiger partial charge is 0.457 e. The molecule has 0 bridgehead atoms. The summed E-state index contributed by atoms with van der Waals surface area (Å²) in [6, 6.07) is 0. The number of fused-ring (bicyclic) bond motifs is 1. The number of nitrogens with zero attached hydrogens (tertiary/aromatic N) is 1. The van der Waals surface area contributed by atoms with E-state index in [4.69, 9.17) is 9.16 Å². The minimum absolute atomic E-state index is 0.0521. The number of carbonyl (C=O) groups is 2. The lowest BCUT2D eigenvalue weighted by molar-refractivity contribution is -0.157. The summed E-state index contributed by atoms with van der Waals surface area (Å²) in [5.74, 6) is -0.769. The molecule has 8 heteroatoms. The zero-order valence-corrected chi connectivity index (χ0v) is 21.8. The molecule has 0 N–H and O–H groups in total. The second-order valence-corrected chi connectivity index (χ2v) is 18.0. The number of rotatable bonds is 7. The Morgan fingerprint density at radius 3 is 2.38 bits per heavy atom. The molecule has 0 aromatic rings. The van der Waals surface area contributed by atoms with E-state index in [0.717, 1.165) is 4.24 Å². The van der Waals surface area contributed by atoms with Crippen LogP contribution in [0.5, 0.6) is 0 Å². The first-order chi connectivity index (χ1) is 13.1. The van der Waals surface area contributed by atoms with Crippen LogP contribution in [0, 0.1) is 5.92 Å². The molecule has 5 nitrogen and oxygen atoms in total. The van der Waals surface area contributed by atoms with Crippen LogP contribution < -0.4 is 0 Å². The maximum absolute atomic E-state index is 13.1. The van der Waals surface area contributed by atoms with Crippen molar-refractivity contribution in [1.82, 2.24) is 4.90 Å². The maximum Gasteiger partial charge on any atom is 0.357 e. The lowest BCUT2D eigenvalue weighted by Gasteiger charge is -2.48. The average Bonchev–Trinajstić information content (AvgIpc) is 2.83. The van der Waals surface area contributed by atoms with Crippen LogP contribution >= 0.6 is 23.5 Å². The Kier molecular flexibility index (Phi) is 7.15. The molecule has 3 atom stereocenters. The van der Waals surface area contributed by atoms with E-state index in [2.05, 4.69) is 61.2 Å². The average molecular weight is 458 g/mol. The van der Waals surface area contributed by atoms with E-state index in [1.807, 2.05) is 6.92 Å². The van der Waals surface area contributed by atoms with Gasteiger partial charge in [-0.3, -0.25) is 9.69 Å². The topological polar surface area (TPSA) is 55.8 Å². The molecule has 2 aliphatic rings. The Morgan fingerprint density at radius 2 is 1.90 bits per heavy atom. The molecule has 1 amide bonds. The van der Waals surface area contributed by atoms with Crippen LogP contribution in [0.1, 0.15) is 48.5 Å². The summed E-state index contributed by atoms with van der Waals surface area (Å²) in [6.07, 6.45) is 1.34. The molecule has 0 aromatic carbocycles. The number of amides is 1. The smallest absolute Gasteiger partial charge is 0.357 e. The van der Waals surface area contributed by atoms with Crippen molar-refractivity contribution in [3.8, 4) is 0 Å². The summed E-state index contributed by atoms with van der Waals surface area (Å²) in [5.41, 5.74) is 0.377. The molecule has 164 valence electrons. The molecule has 0 aromatic heterocycles. The van der Waals surface area contributed by atoms with Crippen LogP contribution in [0.3, 0.4) is 0 Å². The quantitative estimate of drug-likeness (QED) is 0.222. The molecular weight excluding hydrogens is 422 g/mol. The second-order valence-electron chi connectivity index (χ2n) is 10.1. The maximum atomic E-state index is 13.1. The van der Waals surface area contributed by atoms with E-state index in [1.165, 1.54) is 6.08 Å². The third-order valence-corrected chi connectivity index (χ3v) is 12.7. The Morgan fingerprint density at radius 1 is 1.31 bits per heavy atom. The van der Waals surface area contributed by atoms with Crippen LogP contribution in [0.4, 0.5) is 0 Å². The van der Waals surface area contributed by atoms with Crippen LogP contribution in [0.25, 0.3) is 0 Å². The van der Waals surface area contributed by atoms with Crippen LogP contribution in [0.2, 0.25) is 18.1 Å². The number of ether oxygens (including phenoxy) is 1. The van der Waals surface area contributed by atoms with Gasteiger partial charge in [0.05, 0.1) is 16.3 Å². The summed E-state index contributed by atoms with van der Waals surface area (Å²) < 4.78 is 12.6. The molecule has 2 heterocycles. The highest BCUT2D eigenvalue weighted by molar-refractivity contribution is 8.23. The standard InChI is InChI=1S/C21H35NO4S2Si/c1-11-12-25-18(24)15-19(28-20(3,4)5)27-17-14(16(23)22(15)17)13(2)26-29(9,10)21(6,7)8/h11,13-14,17H,1,12H2,2-10H3/t13?,14-,17+/m0/s1. The summed E-state index contributed by atoms with van der Waals surface area (Å²) >= 11 is 3.19. The lowest BCUT2D eigenvalue weighted by atomic mass is 9.92. The van der Waals surface area contributed by atoms with Crippen LogP contribution in [-0.4, -0.2) is 47.9 Å². The number of β-lactam (4-membered cyclic amide) rings is 1. The van der Waals surface area contributed by atoms with E-state index in [0.29, 0.717) is 5.70 Å². The van der Waals surface area contributed by atoms with Gasteiger partial charge in [-0.25, -0.2) is 4.79 Å². The zero-order chi connectivity index (χ0) is 22.4. The van der Waals surface area contributed by atoms with Gasteiger partial charge in [0.15, 0.2) is 14.0 Å². The third kappa shape index (κ3) is 5.14. The van der Waals surface area contributed by atoms with Crippen molar-refractivity contribution in [2.75, 3.05) is 6.61 Å². The summed E-state index contributed by atoms with van der Waals surface area (Å²) in [5, 5.41) is -0.0415. The van der Waals surface area contributed by atoms with E-state index in [-0.39, 0.29) is 39.7 Å². The first-order valence-electron chi connectivity index (χ1n) is 9.99. The van der Waals surface area contributed by atoms with Crippen molar-refractivity contribution in [3.05, 3.63) is 22.6 Å². The molecule has 1 unspecified atom stereocenters. The van der Waals surface area contributed by atoms with Gasteiger partial charge in [-0.1, -0.05) is 66.0 Å². The van der Waals surface area contributed by atoms with Gasteiger partial charge in [0, 0.05) is 4.75 Å². The first kappa shape index (κ1) is 24.6. The fraction of sp³-hybridized carbons (Fsp3) is 0.714. The summed E-state index contributed by atoms with van der Waals surface area (Å²) in [7, 11) is -2.00. The highest BCUT2D eigenvalue weighted by Crippen LogP contribution is 2.56. The van der Waals surface area contributed by atoms with Gasteiger partial charge in [-0.05, 0) is 25.1 Å². The second kappa shape index (κ2) is 8.44. The van der Waals surface area contributed by atoms with Gasteiger partial charge in [-0.2, -0.15) is 0 Å². The van der Waals surface area contributed by atoms with Gasteiger partial charge in [0.2, 0.25) is 5.91 Å². The van der Waals surface area contributed by atoms with Gasteiger partial charge in [0.25, 0.3) is 0 Å². The molecule has 0 spiro atoms. The van der Waals surface area contributed by atoms with E-state index in [1.54, 1.807) is 28.4 Å². The van der Waals surface area contributed by atoms with Gasteiger partial charge < -0.3 is 9.16 Å². The van der Waals surface area contributed by atoms with Crippen molar-refractivity contribution in [2.45, 2.75) is 82.8 Å². The molecular formula is C21H35NO4S2Si. The van der Waals surface area contributed by atoms with Crippen LogP contribution in [0.15, 0.2) is 22.6 Å². The Balaban J connectivity index is 2.24. The van der Waals surface area contributed by atoms with Gasteiger partial charge >= 0.3 is 5.97 Å². The monoisotopic (exact) mass is 457 g/mol. The van der Waals surface area contributed by atoms with Crippen molar-refractivity contribution in [3.63, 3.8) is 0 Å². The SMILES string of the molecule is C=CCOC(=O)C1=C(SC(C)(C)C)S[C@@H]2[C@@H](C(C)O[Si](C)(C)C(C)(C)C)C(=O)N12. The number of carbonyl (C=O) groups excluding carboxylic acids is 2. The minimum atomic E-state index is -2.00. The molecule has 1 saturated heterocycles. The van der Waals surface area contributed by atoms with E-state index in [9.17, 15) is 9.59 Å². The van der Waals surface area contributed by atoms with Crippen molar-refractivity contribution >= 4 is 43.7 Å². The van der Waals surface area contributed by atoms with Crippen LogP contribution in [-0.2, 0) is 18.8 Å². The number of hydrogen-bond acceptors (Lipinski definition) is 6. The van der Waals surface area contributed by atoms with E-state index < -0.39 is 14.3 Å². The van der Waals surface area contributed by atoms with Gasteiger partial charge in [0.1, 0.15) is 12.0 Å². The molecule has 29 heavy (non-hydrogen) atoms. The molecule has 2 rings (SSSR count). The Hall–Kier alpha value is -0.703. The molecule has 0 aliphatic carbocycles. The molecule has 0 saturated carbocycles. The highest BCUT2D eigenvalue weighted by atomic mass is 32.2. The lowest BCUT2D eigenvalue weighted by Crippen LogP contribution is -2.62. The first-order valence-corrected chi connectivity index (χ1v) is 14.6. The fourth-order valence-corrected chi connectivity index (χ4v) is 7.81. The summed E-state index contributed by atoms with van der Waals surface area (Å²) in [6.45, 7) is 23.0. The fourth-order valence-electron chi connectivity index (χ4n) is 3.00. The predicted octanol–water partition coefficient (Wildman–Crippen LogP) is 5.36. The van der Waals surface area contributed by atoms with Crippen molar-refractivity contribution in [1.29, 1.82) is 0 Å². The van der Waals surface area contributed by atoms with Crippen molar-refractivity contribution < 1.29 is 18.8 Å². The van der Waals surface area contributed by atoms with E-state index >= 15 is 0 Å². The zero-order valence-electron chi connectivity index (χ0n) is 19.1. The molecule has 2 aliphatic heterocycles. The summed E-state index contributed by atoms with van der Waals surface area (Å²) in [4.78, 5) is 27.4. The Bertz CT molecular complexity index is 721. The Labute approximate surface area is 185 Å². The number of thioether (sulfide) groups is 2. The number of esters is 1. The van der Waals surface area contributed by atoms with Crippen molar-refractivity contribution in [2.24, 2.45) is 5.92 Å². The third-order valence-electron chi connectivity index (χ3n) is 5.46. The number of hydrogen-bond donors (Lipinski definition) is 0. The predicted molar refractivity (Wildman–Crippen MR) is 125 cm³/mol. The normalized spacial score (nSPS) is 23.6. The molecule has 0 radical (unpaired) electrons. The van der Waals surface area contributed by atoms with Gasteiger partial charge in [-0.15, -0.1) is 11.8 Å². The minimum Gasteiger partial charge on any atom is -0.457 e. The highest BCUT2D eigenvalue weighted by Gasteiger charge is 2.59. The molecule has 1 fully saturated rings.